The maximum absolute atomic E-state index is 6.03. The predicted octanol–water partition coefficient (Wildman–Crippen LogP) is 4.16. The Hall–Kier alpha value is -0.900. The van der Waals surface area contributed by atoms with Gasteiger partial charge in [-0.05, 0) is 55.6 Å². The first kappa shape index (κ1) is 15.0. The summed E-state index contributed by atoms with van der Waals surface area (Å²) in [5.74, 6) is 2.38. The van der Waals surface area contributed by atoms with E-state index >= 15 is 0 Å². The van der Waals surface area contributed by atoms with Gasteiger partial charge in [-0.2, -0.15) is 11.8 Å². The molecule has 3 rings (SSSR count). The van der Waals surface area contributed by atoms with Crippen LogP contribution in [0.3, 0.4) is 0 Å². The molecule has 0 N–H and O–H groups in total. The number of hydrogen-bond acceptors (Lipinski definition) is 2. The van der Waals surface area contributed by atoms with Crippen molar-refractivity contribution in [2.45, 2.75) is 18.7 Å². The Morgan fingerprint density at radius 2 is 2.00 bits per heavy atom. The summed E-state index contributed by atoms with van der Waals surface area (Å²) >= 11 is 8.06. The Morgan fingerprint density at radius 3 is 2.71 bits per heavy atom. The average molecular weight is 321 g/mol. The minimum atomic E-state index is 0.797. The molecule has 112 valence electrons. The van der Waals surface area contributed by atoms with Gasteiger partial charge in [-0.3, -0.25) is 0 Å². The molecule has 0 unspecified atom stereocenters. The highest BCUT2D eigenvalue weighted by Gasteiger charge is 2.19. The van der Waals surface area contributed by atoms with E-state index in [0.29, 0.717) is 0 Å². The van der Waals surface area contributed by atoms with Crippen LogP contribution in [0.25, 0.3) is 11.3 Å². The number of rotatable bonds is 4. The lowest BCUT2D eigenvalue weighted by molar-refractivity contribution is 0.382. The number of aromatic nitrogens is 1. The molecule has 1 aliphatic rings. The molecule has 4 heteroatoms. The fourth-order valence-corrected chi connectivity index (χ4v) is 3.91. The first-order valence-electron chi connectivity index (χ1n) is 7.35. The lowest BCUT2D eigenvalue weighted by atomic mass is 10.1. The van der Waals surface area contributed by atoms with Crippen LogP contribution in [0.5, 0.6) is 0 Å². The Kier molecular flexibility index (Phi) is 4.63. The van der Waals surface area contributed by atoms with Crippen molar-refractivity contribution in [1.29, 1.82) is 0 Å². The monoisotopic (exact) mass is 320 g/mol. The van der Waals surface area contributed by atoms with E-state index < -0.39 is 0 Å². The molecule has 0 radical (unpaired) electrons. The van der Waals surface area contributed by atoms with E-state index in [9.17, 15) is 0 Å². The first-order valence-corrected chi connectivity index (χ1v) is 8.88. The molecule has 0 aliphatic carbocycles. The standard InChI is InChI=1S/C17H21ClN2S/c1-19(2)8-9-20-16-7-10-21-12-14(16)11-17(20)13-3-5-15(18)6-4-13/h3-6,11H,7-10,12H2,1-2H3. The highest BCUT2D eigenvalue weighted by Crippen LogP contribution is 2.33. The summed E-state index contributed by atoms with van der Waals surface area (Å²) in [5, 5.41) is 0.797. The summed E-state index contributed by atoms with van der Waals surface area (Å²) < 4.78 is 2.51. The van der Waals surface area contributed by atoms with Crippen molar-refractivity contribution in [2.24, 2.45) is 0 Å². The van der Waals surface area contributed by atoms with Gasteiger partial charge in [0, 0.05) is 35.3 Å². The third-order valence-electron chi connectivity index (χ3n) is 3.95. The van der Waals surface area contributed by atoms with Crippen molar-refractivity contribution >= 4 is 23.4 Å². The topological polar surface area (TPSA) is 8.17 Å². The van der Waals surface area contributed by atoms with E-state index in [1.807, 2.05) is 23.9 Å². The van der Waals surface area contributed by atoms with Crippen LogP contribution >= 0.6 is 23.4 Å². The Bertz CT molecular complexity index is 616. The summed E-state index contributed by atoms with van der Waals surface area (Å²) in [4.78, 5) is 2.25. The molecule has 0 saturated carbocycles. The molecule has 0 atom stereocenters. The van der Waals surface area contributed by atoms with E-state index in [1.54, 1.807) is 0 Å². The molecule has 2 nitrogen and oxygen atoms in total. The van der Waals surface area contributed by atoms with E-state index in [2.05, 4.69) is 41.8 Å². The van der Waals surface area contributed by atoms with Crippen LogP contribution in [0.1, 0.15) is 11.3 Å². The molecule has 21 heavy (non-hydrogen) atoms. The zero-order valence-electron chi connectivity index (χ0n) is 12.6. The Morgan fingerprint density at radius 1 is 1.24 bits per heavy atom. The Labute approximate surface area is 136 Å². The molecule has 2 heterocycles. The molecule has 1 aromatic heterocycles. The number of fused-ring (bicyclic) bond motifs is 1. The SMILES string of the molecule is CN(C)CCn1c(-c2ccc(Cl)cc2)cc2c1CCSC2. The predicted molar refractivity (Wildman–Crippen MR) is 93.3 cm³/mol. The molecule has 0 spiro atoms. The summed E-state index contributed by atoms with van der Waals surface area (Å²) in [5.41, 5.74) is 5.63. The molecule has 2 aromatic rings. The number of likely N-dealkylation sites (N-methyl/N-ethyl adjacent to an activating group) is 1. The number of nitrogens with zero attached hydrogens (tertiary/aromatic N) is 2. The molecular formula is C17H21ClN2S. The van der Waals surface area contributed by atoms with E-state index in [4.69, 9.17) is 11.6 Å². The van der Waals surface area contributed by atoms with Crippen LogP contribution in [-0.4, -0.2) is 35.9 Å². The van der Waals surface area contributed by atoms with Crippen molar-refractivity contribution in [3.8, 4) is 11.3 Å². The van der Waals surface area contributed by atoms with Crippen LogP contribution in [0.15, 0.2) is 30.3 Å². The zero-order chi connectivity index (χ0) is 14.8. The molecule has 0 fully saturated rings. The number of hydrogen-bond donors (Lipinski definition) is 0. The summed E-state index contributed by atoms with van der Waals surface area (Å²) in [6.07, 6.45) is 1.18. The lowest BCUT2D eigenvalue weighted by Gasteiger charge is -2.19. The van der Waals surface area contributed by atoms with Gasteiger partial charge in [-0.15, -0.1) is 0 Å². The maximum atomic E-state index is 6.03. The molecule has 0 saturated heterocycles. The van der Waals surface area contributed by atoms with Gasteiger partial charge in [0.2, 0.25) is 0 Å². The fraction of sp³-hybridized carbons (Fsp3) is 0.412. The quantitative estimate of drug-likeness (QED) is 0.836. The smallest absolute Gasteiger partial charge is 0.0486 e. The highest BCUT2D eigenvalue weighted by molar-refractivity contribution is 7.98. The normalized spacial score (nSPS) is 14.5. The van der Waals surface area contributed by atoms with Crippen LogP contribution in [-0.2, 0) is 18.7 Å². The minimum Gasteiger partial charge on any atom is -0.343 e. The van der Waals surface area contributed by atoms with E-state index in [1.165, 1.54) is 34.7 Å². The first-order chi connectivity index (χ1) is 10.1. The largest absolute Gasteiger partial charge is 0.343 e. The lowest BCUT2D eigenvalue weighted by Crippen LogP contribution is -2.20. The average Bonchev–Trinajstić information content (AvgIpc) is 2.84. The van der Waals surface area contributed by atoms with Crippen LogP contribution in [0.4, 0.5) is 0 Å². The third kappa shape index (κ3) is 3.31. The van der Waals surface area contributed by atoms with Gasteiger partial charge in [0.25, 0.3) is 0 Å². The van der Waals surface area contributed by atoms with Crippen molar-refractivity contribution in [3.63, 3.8) is 0 Å². The van der Waals surface area contributed by atoms with Crippen molar-refractivity contribution in [1.82, 2.24) is 9.47 Å². The van der Waals surface area contributed by atoms with Crippen molar-refractivity contribution in [2.75, 3.05) is 26.4 Å². The molecule has 0 amide bonds. The second-order valence-corrected chi connectivity index (χ2v) is 7.31. The van der Waals surface area contributed by atoms with Gasteiger partial charge in [-0.25, -0.2) is 0 Å². The molecule has 1 aromatic carbocycles. The van der Waals surface area contributed by atoms with Crippen LogP contribution in [0.2, 0.25) is 5.02 Å². The molecule has 1 aliphatic heterocycles. The summed E-state index contributed by atoms with van der Waals surface area (Å²) in [6.45, 7) is 2.11. The van der Waals surface area contributed by atoms with Gasteiger partial charge >= 0.3 is 0 Å². The van der Waals surface area contributed by atoms with Gasteiger partial charge in [0.1, 0.15) is 0 Å². The zero-order valence-corrected chi connectivity index (χ0v) is 14.2. The van der Waals surface area contributed by atoms with Crippen molar-refractivity contribution < 1.29 is 0 Å². The molecular weight excluding hydrogens is 300 g/mol. The second kappa shape index (κ2) is 6.47. The highest BCUT2D eigenvalue weighted by atomic mass is 35.5. The second-order valence-electron chi connectivity index (χ2n) is 5.77. The van der Waals surface area contributed by atoms with Crippen molar-refractivity contribution in [3.05, 3.63) is 46.6 Å². The van der Waals surface area contributed by atoms with Gasteiger partial charge in [0.05, 0.1) is 0 Å². The fourth-order valence-electron chi connectivity index (χ4n) is 2.83. The van der Waals surface area contributed by atoms with E-state index in [0.717, 1.165) is 23.9 Å². The Balaban J connectivity index is 2.01. The number of benzene rings is 1. The van der Waals surface area contributed by atoms with Crippen LogP contribution in [0, 0.1) is 0 Å². The summed E-state index contributed by atoms with van der Waals surface area (Å²) in [6, 6.07) is 10.6. The minimum absolute atomic E-state index is 0.797. The van der Waals surface area contributed by atoms with Gasteiger partial charge in [-0.1, -0.05) is 23.7 Å². The molecule has 0 bridgehead atoms. The van der Waals surface area contributed by atoms with Crippen LogP contribution < -0.4 is 0 Å². The third-order valence-corrected chi connectivity index (χ3v) is 5.21. The van der Waals surface area contributed by atoms with E-state index in [-0.39, 0.29) is 0 Å². The van der Waals surface area contributed by atoms with Gasteiger partial charge in [0.15, 0.2) is 0 Å². The maximum Gasteiger partial charge on any atom is 0.0486 e. The van der Waals surface area contributed by atoms with Gasteiger partial charge < -0.3 is 9.47 Å². The number of halogens is 1. The summed E-state index contributed by atoms with van der Waals surface area (Å²) in [7, 11) is 4.27. The number of thioether (sulfide) groups is 1.